The molecule has 0 spiro atoms. The molecule has 4 nitrogen and oxygen atoms in total. The lowest BCUT2D eigenvalue weighted by atomic mass is 10.1. The maximum Gasteiger partial charge on any atom is 0.323 e. The van der Waals surface area contributed by atoms with Crippen LogP contribution >= 0.6 is 23.2 Å². The molecule has 0 aliphatic heterocycles. The average molecular weight is 324 g/mol. The lowest BCUT2D eigenvalue weighted by Gasteiger charge is -2.10. The molecular formula is C15H15Cl2N3O. The van der Waals surface area contributed by atoms with E-state index in [0.717, 1.165) is 5.56 Å². The Morgan fingerprint density at radius 3 is 2.38 bits per heavy atom. The number of hydrogen-bond acceptors (Lipinski definition) is 2. The van der Waals surface area contributed by atoms with Crippen molar-refractivity contribution in [3.8, 4) is 0 Å². The second-order valence-corrected chi connectivity index (χ2v) is 5.46. The van der Waals surface area contributed by atoms with E-state index in [1.807, 2.05) is 19.1 Å². The largest absolute Gasteiger partial charge is 0.324 e. The molecule has 2 rings (SSSR count). The van der Waals surface area contributed by atoms with Gasteiger partial charge in [0, 0.05) is 16.8 Å². The molecule has 0 bridgehead atoms. The Labute approximate surface area is 133 Å². The number of amides is 2. The number of nitrogens with one attached hydrogen (secondary N) is 2. The van der Waals surface area contributed by atoms with Crippen LogP contribution in [-0.4, -0.2) is 6.03 Å². The Balaban J connectivity index is 2.03. The van der Waals surface area contributed by atoms with Crippen LogP contribution in [0, 0.1) is 0 Å². The van der Waals surface area contributed by atoms with Gasteiger partial charge in [-0.3, -0.25) is 0 Å². The fourth-order valence-electron chi connectivity index (χ4n) is 1.75. The van der Waals surface area contributed by atoms with Gasteiger partial charge >= 0.3 is 6.03 Å². The predicted octanol–water partition coefficient (Wildman–Crippen LogP) is 4.66. The molecule has 2 aromatic carbocycles. The standard InChI is InChI=1S/C15H15Cl2N3O/c1-9(18)10-2-5-12(6-3-10)19-15(21)20-14-8-11(16)4-7-13(14)17/h2-9H,18H2,1H3,(H2,19,20,21). The van der Waals surface area contributed by atoms with Crippen molar-refractivity contribution in [2.75, 3.05) is 10.6 Å². The van der Waals surface area contributed by atoms with Crippen molar-refractivity contribution >= 4 is 40.6 Å². The maximum absolute atomic E-state index is 11.9. The molecule has 110 valence electrons. The van der Waals surface area contributed by atoms with Crippen LogP contribution in [0.25, 0.3) is 0 Å². The van der Waals surface area contributed by atoms with Crippen LogP contribution in [0.1, 0.15) is 18.5 Å². The summed E-state index contributed by atoms with van der Waals surface area (Å²) < 4.78 is 0. The summed E-state index contributed by atoms with van der Waals surface area (Å²) in [5.74, 6) is 0. The minimum absolute atomic E-state index is 0.0434. The molecule has 4 N–H and O–H groups in total. The van der Waals surface area contributed by atoms with Gasteiger partial charge in [-0.2, -0.15) is 0 Å². The third-order valence-corrected chi connectivity index (χ3v) is 3.44. The van der Waals surface area contributed by atoms with Crippen LogP contribution in [0.2, 0.25) is 10.0 Å². The van der Waals surface area contributed by atoms with Crippen molar-refractivity contribution in [2.45, 2.75) is 13.0 Å². The number of rotatable bonds is 3. The van der Waals surface area contributed by atoms with E-state index in [9.17, 15) is 4.79 Å². The predicted molar refractivity (Wildman–Crippen MR) is 88.1 cm³/mol. The first kappa shape index (κ1) is 15.6. The fraction of sp³-hybridized carbons (Fsp3) is 0.133. The zero-order chi connectivity index (χ0) is 15.4. The summed E-state index contributed by atoms with van der Waals surface area (Å²) in [6.45, 7) is 1.90. The van der Waals surface area contributed by atoms with Crippen LogP contribution in [-0.2, 0) is 0 Å². The number of urea groups is 1. The van der Waals surface area contributed by atoms with Crippen LogP contribution in [0.4, 0.5) is 16.2 Å². The average Bonchev–Trinajstić information content (AvgIpc) is 2.43. The summed E-state index contributed by atoms with van der Waals surface area (Å²) in [4.78, 5) is 11.9. The lowest BCUT2D eigenvalue weighted by Crippen LogP contribution is -2.19. The zero-order valence-corrected chi connectivity index (χ0v) is 12.9. The molecule has 2 amide bonds. The molecule has 6 heteroatoms. The highest BCUT2D eigenvalue weighted by molar-refractivity contribution is 6.35. The molecule has 21 heavy (non-hydrogen) atoms. The highest BCUT2D eigenvalue weighted by atomic mass is 35.5. The van der Waals surface area contributed by atoms with E-state index < -0.39 is 6.03 Å². The fourth-order valence-corrected chi connectivity index (χ4v) is 2.08. The van der Waals surface area contributed by atoms with Crippen molar-refractivity contribution in [3.05, 3.63) is 58.1 Å². The minimum atomic E-state index is -0.396. The first-order chi connectivity index (χ1) is 9.95. The van der Waals surface area contributed by atoms with Crippen molar-refractivity contribution in [1.29, 1.82) is 0 Å². The van der Waals surface area contributed by atoms with Gasteiger partial charge in [0.25, 0.3) is 0 Å². The van der Waals surface area contributed by atoms with E-state index in [4.69, 9.17) is 28.9 Å². The molecule has 0 aliphatic rings. The van der Waals surface area contributed by atoms with Gasteiger partial charge in [-0.1, -0.05) is 35.3 Å². The molecule has 0 fully saturated rings. The maximum atomic E-state index is 11.9. The third kappa shape index (κ3) is 4.36. The Bertz CT molecular complexity index is 642. The van der Waals surface area contributed by atoms with Gasteiger partial charge in [0.2, 0.25) is 0 Å². The first-order valence-corrected chi connectivity index (χ1v) is 7.10. The van der Waals surface area contributed by atoms with Gasteiger partial charge in [0.05, 0.1) is 10.7 Å². The van der Waals surface area contributed by atoms with Gasteiger partial charge in [-0.25, -0.2) is 4.79 Å². The summed E-state index contributed by atoms with van der Waals surface area (Å²) in [6, 6.07) is 11.7. The van der Waals surface area contributed by atoms with Crippen LogP contribution in [0.15, 0.2) is 42.5 Å². The van der Waals surface area contributed by atoms with Gasteiger partial charge in [0.1, 0.15) is 0 Å². The van der Waals surface area contributed by atoms with E-state index >= 15 is 0 Å². The smallest absolute Gasteiger partial charge is 0.323 e. The second kappa shape index (κ2) is 6.80. The summed E-state index contributed by atoms with van der Waals surface area (Å²) in [7, 11) is 0. The first-order valence-electron chi connectivity index (χ1n) is 6.34. The molecule has 0 saturated carbocycles. The zero-order valence-electron chi connectivity index (χ0n) is 11.4. The SMILES string of the molecule is CC(N)c1ccc(NC(=O)Nc2cc(Cl)ccc2Cl)cc1. The van der Waals surface area contributed by atoms with E-state index in [1.165, 1.54) is 0 Å². The Kier molecular flexibility index (Phi) is 5.07. The van der Waals surface area contributed by atoms with Gasteiger partial charge in [0.15, 0.2) is 0 Å². The number of carbonyl (C=O) groups is 1. The summed E-state index contributed by atoms with van der Waals surface area (Å²) in [5.41, 5.74) is 7.88. The molecule has 1 atom stereocenters. The topological polar surface area (TPSA) is 67.1 Å². The Hall–Kier alpha value is -1.75. The highest BCUT2D eigenvalue weighted by Gasteiger charge is 2.07. The van der Waals surface area contributed by atoms with Crippen molar-refractivity contribution in [1.82, 2.24) is 0 Å². The van der Waals surface area contributed by atoms with Crippen LogP contribution < -0.4 is 16.4 Å². The van der Waals surface area contributed by atoms with Gasteiger partial charge in [-0.05, 0) is 42.8 Å². The Morgan fingerprint density at radius 1 is 1.10 bits per heavy atom. The number of hydrogen-bond donors (Lipinski definition) is 3. The molecule has 0 aromatic heterocycles. The van der Waals surface area contributed by atoms with Gasteiger partial charge in [-0.15, -0.1) is 0 Å². The van der Waals surface area contributed by atoms with Gasteiger partial charge < -0.3 is 16.4 Å². The number of nitrogens with two attached hydrogens (primary N) is 1. The summed E-state index contributed by atoms with van der Waals surface area (Å²) >= 11 is 11.8. The molecule has 0 saturated heterocycles. The van der Waals surface area contributed by atoms with Crippen LogP contribution in [0.3, 0.4) is 0 Å². The number of halogens is 2. The quantitative estimate of drug-likeness (QED) is 0.769. The second-order valence-electron chi connectivity index (χ2n) is 4.61. The van der Waals surface area contributed by atoms with Crippen LogP contribution in [0.5, 0.6) is 0 Å². The van der Waals surface area contributed by atoms with Crippen molar-refractivity contribution in [2.24, 2.45) is 5.73 Å². The highest BCUT2D eigenvalue weighted by Crippen LogP contribution is 2.25. The molecule has 0 aliphatic carbocycles. The summed E-state index contributed by atoms with van der Waals surface area (Å²) in [6.07, 6.45) is 0. The van der Waals surface area contributed by atoms with E-state index in [1.54, 1.807) is 30.3 Å². The molecule has 0 radical (unpaired) electrons. The number of carbonyl (C=O) groups excluding carboxylic acids is 1. The molecular weight excluding hydrogens is 309 g/mol. The minimum Gasteiger partial charge on any atom is -0.324 e. The normalized spacial score (nSPS) is 11.8. The number of benzene rings is 2. The molecule has 2 aromatic rings. The van der Waals surface area contributed by atoms with E-state index in [2.05, 4.69) is 10.6 Å². The molecule has 1 unspecified atom stereocenters. The molecule has 0 heterocycles. The lowest BCUT2D eigenvalue weighted by molar-refractivity contribution is 0.262. The van der Waals surface area contributed by atoms with E-state index in [0.29, 0.717) is 21.4 Å². The van der Waals surface area contributed by atoms with E-state index in [-0.39, 0.29) is 6.04 Å². The number of anilines is 2. The van der Waals surface area contributed by atoms with Crippen molar-refractivity contribution in [3.63, 3.8) is 0 Å². The monoisotopic (exact) mass is 323 g/mol. The Morgan fingerprint density at radius 2 is 1.76 bits per heavy atom. The summed E-state index contributed by atoms with van der Waals surface area (Å²) in [5, 5.41) is 6.27. The van der Waals surface area contributed by atoms with Crippen molar-refractivity contribution < 1.29 is 4.79 Å². The third-order valence-electron chi connectivity index (χ3n) is 2.87.